The molecule has 1 amide bonds. The van der Waals surface area contributed by atoms with Gasteiger partial charge in [-0.2, -0.15) is 4.31 Å². The highest BCUT2D eigenvalue weighted by Crippen LogP contribution is 2.31. The lowest BCUT2D eigenvalue weighted by atomic mass is 10.3. The van der Waals surface area contributed by atoms with Crippen LogP contribution in [-0.4, -0.2) is 69.3 Å². The van der Waals surface area contributed by atoms with Crippen molar-refractivity contribution in [3.63, 3.8) is 0 Å². The number of halogens is 2. The van der Waals surface area contributed by atoms with Gasteiger partial charge < -0.3 is 9.80 Å². The number of carbonyl (C=O) groups excluding carboxylic acids is 1. The summed E-state index contributed by atoms with van der Waals surface area (Å²) < 4.78 is 27.0. The summed E-state index contributed by atoms with van der Waals surface area (Å²) in [5, 5.41) is 0.229. The zero-order chi connectivity index (χ0) is 18.0. The lowest BCUT2D eigenvalue weighted by Crippen LogP contribution is -3.11. The second kappa shape index (κ2) is 7.80. The van der Waals surface area contributed by atoms with Crippen molar-refractivity contribution in [2.24, 2.45) is 0 Å². The van der Waals surface area contributed by atoms with Gasteiger partial charge in [-0.3, -0.25) is 4.79 Å². The first-order valence-electron chi connectivity index (χ1n) is 8.45. The van der Waals surface area contributed by atoms with E-state index in [1.807, 2.05) is 0 Å². The molecule has 0 unspecified atom stereocenters. The summed E-state index contributed by atoms with van der Waals surface area (Å²) in [7, 11) is -3.77. The standard InChI is InChI=1S/C16H21Cl2N3O3S/c17-13-4-3-5-14(18)16(13)25(23,24)21-10-8-20(9-11-21)15(22)12-19-6-1-2-7-19/h3-5H,1-2,6-12H2/p+1. The van der Waals surface area contributed by atoms with Crippen molar-refractivity contribution in [3.8, 4) is 0 Å². The number of carbonyl (C=O) groups is 1. The van der Waals surface area contributed by atoms with Gasteiger partial charge in [0.2, 0.25) is 10.0 Å². The third-order valence-electron chi connectivity index (χ3n) is 4.82. The quantitative estimate of drug-likeness (QED) is 0.791. The van der Waals surface area contributed by atoms with Crippen LogP contribution in [0.4, 0.5) is 0 Å². The topological polar surface area (TPSA) is 62.1 Å². The summed E-state index contributed by atoms with van der Waals surface area (Å²) in [6.45, 7) is 3.90. The summed E-state index contributed by atoms with van der Waals surface area (Å²) in [5.41, 5.74) is 0. The number of nitrogens with zero attached hydrogens (tertiary/aromatic N) is 2. The highest BCUT2D eigenvalue weighted by Gasteiger charge is 2.33. The van der Waals surface area contributed by atoms with Gasteiger partial charge in [-0.05, 0) is 12.1 Å². The Bertz CT molecular complexity index is 723. The normalized spacial score (nSPS) is 20.2. The maximum Gasteiger partial charge on any atom is 0.277 e. The second-order valence-electron chi connectivity index (χ2n) is 6.47. The van der Waals surface area contributed by atoms with Gasteiger partial charge in [0.05, 0.1) is 23.1 Å². The Balaban J connectivity index is 1.64. The Kier molecular flexibility index (Phi) is 5.90. The average Bonchev–Trinajstić information content (AvgIpc) is 3.07. The van der Waals surface area contributed by atoms with Gasteiger partial charge in [-0.1, -0.05) is 29.3 Å². The first kappa shape index (κ1) is 18.9. The first-order chi connectivity index (χ1) is 11.9. The molecule has 1 aromatic rings. The molecule has 25 heavy (non-hydrogen) atoms. The number of amides is 1. The van der Waals surface area contributed by atoms with Crippen LogP contribution in [0, 0.1) is 0 Å². The highest BCUT2D eigenvalue weighted by molar-refractivity contribution is 7.89. The lowest BCUT2D eigenvalue weighted by Gasteiger charge is -2.34. The van der Waals surface area contributed by atoms with Crippen LogP contribution in [0.15, 0.2) is 23.1 Å². The van der Waals surface area contributed by atoms with Crippen molar-refractivity contribution in [1.29, 1.82) is 0 Å². The Labute approximate surface area is 158 Å². The maximum atomic E-state index is 12.8. The zero-order valence-electron chi connectivity index (χ0n) is 13.9. The van der Waals surface area contributed by atoms with E-state index in [0.29, 0.717) is 19.6 Å². The fraction of sp³-hybridized carbons (Fsp3) is 0.562. The molecule has 138 valence electrons. The fourth-order valence-corrected chi connectivity index (χ4v) is 5.93. The molecule has 2 aliphatic rings. The number of sulfonamides is 1. The van der Waals surface area contributed by atoms with E-state index in [1.165, 1.54) is 34.2 Å². The van der Waals surface area contributed by atoms with Gasteiger partial charge in [-0.25, -0.2) is 8.42 Å². The van der Waals surface area contributed by atoms with Gasteiger partial charge in [0, 0.05) is 39.0 Å². The molecule has 0 radical (unpaired) electrons. The van der Waals surface area contributed by atoms with Gasteiger partial charge in [-0.15, -0.1) is 0 Å². The molecule has 0 bridgehead atoms. The van der Waals surface area contributed by atoms with E-state index in [0.717, 1.165) is 13.1 Å². The van der Waals surface area contributed by atoms with Crippen molar-refractivity contribution < 1.29 is 18.1 Å². The lowest BCUT2D eigenvalue weighted by molar-refractivity contribution is -0.879. The van der Waals surface area contributed by atoms with E-state index in [2.05, 4.69) is 0 Å². The van der Waals surface area contributed by atoms with Crippen molar-refractivity contribution in [2.45, 2.75) is 17.7 Å². The van der Waals surface area contributed by atoms with Crippen LogP contribution in [0.25, 0.3) is 0 Å². The van der Waals surface area contributed by atoms with Crippen LogP contribution in [-0.2, 0) is 14.8 Å². The van der Waals surface area contributed by atoms with Crippen LogP contribution in [0.3, 0.4) is 0 Å². The van der Waals surface area contributed by atoms with Crippen molar-refractivity contribution in [3.05, 3.63) is 28.2 Å². The number of quaternary nitrogens is 1. The number of hydrogen-bond donors (Lipinski definition) is 1. The minimum Gasteiger partial charge on any atom is -0.335 e. The molecule has 1 N–H and O–H groups in total. The number of piperazine rings is 1. The summed E-state index contributed by atoms with van der Waals surface area (Å²) in [4.78, 5) is 15.4. The molecule has 3 rings (SSSR count). The summed E-state index contributed by atoms with van der Waals surface area (Å²) in [6.07, 6.45) is 2.35. The predicted molar refractivity (Wildman–Crippen MR) is 96.6 cm³/mol. The van der Waals surface area contributed by atoms with Crippen LogP contribution >= 0.6 is 23.2 Å². The van der Waals surface area contributed by atoms with Gasteiger partial charge in [0.25, 0.3) is 5.91 Å². The second-order valence-corrected chi connectivity index (χ2v) is 9.16. The third-order valence-corrected chi connectivity index (χ3v) is 7.67. The molecule has 2 aliphatic heterocycles. The van der Waals surface area contributed by atoms with Crippen LogP contribution in [0.1, 0.15) is 12.8 Å². The molecule has 0 spiro atoms. The van der Waals surface area contributed by atoms with Crippen LogP contribution < -0.4 is 4.90 Å². The Morgan fingerprint density at radius 1 is 1.04 bits per heavy atom. The van der Waals surface area contributed by atoms with Crippen LogP contribution in [0.2, 0.25) is 10.0 Å². The Hall–Kier alpha value is -0.860. The molecule has 2 fully saturated rings. The molecule has 1 aromatic carbocycles. The van der Waals surface area contributed by atoms with E-state index in [1.54, 1.807) is 11.0 Å². The molecule has 2 heterocycles. The Morgan fingerprint density at radius 2 is 1.60 bits per heavy atom. The number of rotatable bonds is 4. The summed E-state index contributed by atoms with van der Waals surface area (Å²) in [5.74, 6) is 0.102. The number of hydrogen-bond acceptors (Lipinski definition) is 3. The molecular formula is C16H22Cl2N3O3S+. The van der Waals surface area contributed by atoms with Crippen molar-refractivity contribution >= 4 is 39.1 Å². The molecule has 6 nitrogen and oxygen atoms in total. The third kappa shape index (κ3) is 4.11. The Morgan fingerprint density at radius 3 is 2.16 bits per heavy atom. The SMILES string of the molecule is O=C(C[NH+]1CCCC1)N1CCN(S(=O)(=O)c2c(Cl)cccc2Cl)CC1. The highest BCUT2D eigenvalue weighted by atomic mass is 35.5. The summed E-state index contributed by atoms with van der Waals surface area (Å²) >= 11 is 12.1. The van der Waals surface area contributed by atoms with Crippen molar-refractivity contribution in [1.82, 2.24) is 9.21 Å². The van der Waals surface area contributed by atoms with E-state index in [-0.39, 0.29) is 33.9 Å². The largest absolute Gasteiger partial charge is 0.335 e. The molecule has 2 saturated heterocycles. The monoisotopic (exact) mass is 406 g/mol. The molecular weight excluding hydrogens is 385 g/mol. The summed E-state index contributed by atoms with van der Waals surface area (Å²) in [6, 6.07) is 4.64. The van der Waals surface area contributed by atoms with Gasteiger partial charge in [0.1, 0.15) is 4.90 Å². The van der Waals surface area contributed by atoms with E-state index < -0.39 is 10.0 Å². The number of benzene rings is 1. The van der Waals surface area contributed by atoms with E-state index in [4.69, 9.17) is 23.2 Å². The number of nitrogens with one attached hydrogen (secondary N) is 1. The number of likely N-dealkylation sites (tertiary alicyclic amines) is 1. The molecule has 0 aliphatic carbocycles. The average molecular weight is 407 g/mol. The molecule has 9 heteroatoms. The molecule has 0 saturated carbocycles. The van der Waals surface area contributed by atoms with Gasteiger partial charge >= 0.3 is 0 Å². The molecule has 0 atom stereocenters. The predicted octanol–water partition coefficient (Wildman–Crippen LogP) is 0.505. The fourth-order valence-electron chi connectivity index (χ4n) is 3.41. The van der Waals surface area contributed by atoms with Crippen LogP contribution in [0.5, 0.6) is 0 Å². The van der Waals surface area contributed by atoms with E-state index >= 15 is 0 Å². The molecule has 0 aromatic heterocycles. The smallest absolute Gasteiger partial charge is 0.277 e. The van der Waals surface area contributed by atoms with Crippen molar-refractivity contribution in [2.75, 3.05) is 45.8 Å². The maximum absolute atomic E-state index is 12.8. The first-order valence-corrected chi connectivity index (χ1v) is 10.6. The van der Waals surface area contributed by atoms with Gasteiger partial charge in [0.15, 0.2) is 6.54 Å². The zero-order valence-corrected chi connectivity index (χ0v) is 16.2. The minimum absolute atomic E-state index is 0.0559. The van der Waals surface area contributed by atoms with E-state index in [9.17, 15) is 13.2 Å². The minimum atomic E-state index is -3.77.